The van der Waals surface area contributed by atoms with Crippen molar-refractivity contribution in [2.24, 2.45) is 18.9 Å². The van der Waals surface area contributed by atoms with Crippen LogP contribution in [0.1, 0.15) is 63.3 Å². The van der Waals surface area contributed by atoms with Crippen LogP contribution >= 0.6 is 0 Å². The Labute approximate surface area is 277 Å². The first-order valence-corrected chi connectivity index (χ1v) is 17.2. The largest absolute Gasteiger partial charge is 0.391 e. The second-order valence-electron chi connectivity index (χ2n) is 13.9. The molecule has 0 spiro atoms. The van der Waals surface area contributed by atoms with Crippen LogP contribution in [-0.4, -0.2) is 106 Å². The molecule has 3 aliphatic rings. The summed E-state index contributed by atoms with van der Waals surface area (Å²) in [4.78, 5) is 34.0. The van der Waals surface area contributed by atoms with Crippen molar-refractivity contribution >= 4 is 17.6 Å². The number of piperazine rings is 1. The maximum atomic E-state index is 14.1. The van der Waals surface area contributed by atoms with E-state index in [2.05, 4.69) is 30.7 Å². The molecule has 6 rings (SSSR count). The average Bonchev–Trinajstić information content (AvgIpc) is 3.82. The minimum atomic E-state index is -0.776. The molecule has 2 aromatic heterocycles. The van der Waals surface area contributed by atoms with Gasteiger partial charge < -0.3 is 30.1 Å². The van der Waals surface area contributed by atoms with E-state index in [1.807, 2.05) is 68.9 Å². The Kier molecular flexibility index (Phi) is 10.3. The van der Waals surface area contributed by atoms with Crippen LogP contribution in [0.2, 0.25) is 0 Å². The van der Waals surface area contributed by atoms with Crippen molar-refractivity contribution in [2.75, 3.05) is 57.3 Å². The van der Waals surface area contributed by atoms with Gasteiger partial charge in [0.15, 0.2) is 11.6 Å². The van der Waals surface area contributed by atoms with Gasteiger partial charge in [-0.3, -0.25) is 19.2 Å². The Balaban J connectivity index is 1.08. The van der Waals surface area contributed by atoms with Crippen LogP contribution < -0.4 is 15.5 Å². The first-order valence-electron chi connectivity index (χ1n) is 17.2. The number of carbonyl (C=O) groups is 2. The molecule has 12 heteroatoms. The number of amides is 2. The summed E-state index contributed by atoms with van der Waals surface area (Å²) in [6.45, 7) is 13.1. The number of rotatable bonds is 10. The Bertz CT molecular complexity index is 1490. The number of aryl methyl sites for hydroxylation is 1. The number of piperidine rings is 1. The second kappa shape index (κ2) is 14.6. The van der Waals surface area contributed by atoms with E-state index in [-0.39, 0.29) is 36.7 Å². The highest BCUT2D eigenvalue weighted by Gasteiger charge is 2.43. The lowest BCUT2D eigenvalue weighted by atomic mass is 9.91. The third kappa shape index (κ3) is 7.55. The van der Waals surface area contributed by atoms with E-state index < -0.39 is 18.1 Å². The summed E-state index contributed by atoms with van der Waals surface area (Å²) in [5, 5.41) is 25.8. The molecule has 0 aliphatic carbocycles. The molecule has 47 heavy (non-hydrogen) atoms. The van der Waals surface area contributed by atoms with Crippen LogP contribution in [0.4, 0.5) is 5.82 Å². The Morgan fingerprint density at radius 1 is 1.06 bits per heavy atom. The van der Waals surface area contributed by atoms with Crippen molar-refractivity contribution in [3.05, 3.63) is 53.9 Å². The quantitative estimate of drug-likeness (QED) is 0.304. The normalized spacial score (nSPS) is 22.5. The maximum absolute atomic E-state index is 14.1. The summed E-state index contributed by atoms with van der Waals surface area (Å²) in [5.41, 5.74) is 2.99. The van der Waals surface area contributed by atoms with Gasteiger partial charge in [-0.1, -0.05) is 43.3 Å². The van der Waals surface area contributed by atoms with Crippen molar-refractivity contribution < 1.29 is 19.2 Å². The maximum Gasteiger partial charge on any atom is 0.243 e. The molecule has 3 fully saturated rings. The third-order valence-electron chi connectivity index (χ3n) is 10.2. The van der Waals surface area contributed by atoms with Gasteiger partial charge >= 0.3 is 0 Å². The second-order valence-corrected chi connectivity index (χ2v) is 13.9. The van der Waals surface area contributed by atoms with Crippen molar-refractivity contribution in [2.45, 2.75) is 64.1 Å². The smallest absolute Gasteiger partial charge is 0.243 e. The predicted molar refractivity (Wildman–Crippen MR) is 180 cm³/mol. The molecular weight excluding hydrogens is 596 g/mol. The van der Waals surface area contributed by atoms with E-state index in [1.165, 1.54) is 17.7 Å². The molecule has 2 amide bonds. The summed E-state index contributed by atoms with van der Waals surface area (Å²) in [6, 6.07) is 10.8. The van der Waals surface area contributed by atoms with Crippen molar-refractivity contribution in [3.8, 4) is 11.3 Å². The number of benzene rings is 1. The fourth-order valence-electron chi connectivity index (χ4n) is 7.38. The number of hydrogen-bond donors (Lipinski definition) is 3. The summed E-state index contributed by atoms with van der Waals surface area (Å²) >= 11 is 0. The van der Waals surface area contributed by atoms with Crippen LogP contribution in [0, 0.1) is 11.8 Å². The van der Waals surface area contributed by atoms with E-state index in [1.54, 1.807) is 6.20 Å². The minimum Gasteiger partial charge on any atom is -0.391 e. The number of aromatic nitrogens is 3. The molecule has 4 atom stereocenters. The number of nitrogens with one attached hydrogen (secondary N) is 2. The molecule has 3 saturated heterocycles. The molecule has 0 saturated carbocycles. The van der Waals surface area contributed by atoms with Crippen LogP contribution in [0.15, 0.2) is 47.1 Å². The van der Waals surface area contributed by atoms with E-state index in [4.69, 9.17) is 4.52 Å². The molecule has 5 heterocycles. The van der Waals surface area contributed by atoms with Crippen LogP contribution in [0.3, 0.4) is 0 Å². The summed E-state index contributed by atoms with van der Waals surface area (Å²) in [7, 11) is 1.90. The van der Waals surface area contributed by atoms with Gasteiger partial charge in [0.05, 0.1) is 17.8 Å². The first-order chi connectivity index (χ1) is 22.7. The Hall–Kier alpha value is -3.74. The number of hydrogen-bond acceptors (Lipinski definition) is 9. The minimum absolute atomic E-state index is 0.0940. The molecular formula is C35H50N8O4. The predicted octanol–water partition coefficient (Wildman–Crippen LogP) is 2.78. The lowest BCUT2D eigenvalue weighted by molar-refractivity contribution is -0.141. The summed E-state index contributed by atoms with van der Waals surface area (Å²) < 4.78 is 7.65. The van der Waals surface area contributed by atoms with Gasteiger partial charge in [0.25, 0.3) is 0 Å². The number of β-amino-alcohol motifs (C(OH)–C–C–N with tert-alkyl or cyclic N) is 1. The molecule has 0 bridgehead atoms. The van der Waals surface area contributed by atoms with Gasteiger partial charge in [0.1, 0.15) is 12.0 Å². The monoisotopic (exact) mass is 646 g/mol. The number of carbonyl (C=O) groups excluding carboxylic acids is 2. The van der Waals surface area contributed by atoms with Crippen molar-refractivity contribution in [1.82, 2.24) is 35.4 Å². The van der Waals surface area contributed by atoms with Crippen molar-refractivity contribution in [3.63, 3.8) is 0 Å². The topological polar surface area (TPSA) is 132 Å². The number of aliphatic hydroxyl groups excluding tert-OH is 1. The van der Waals surface area contributed by atoms with Gasteiger partial charge in [-0.15, -0.1) is 0 Å². The summed E-state index contributed by atoms with van der Waals surface area (Å²) in [6.07, 6.45) is 3.67. The fraction of sp³-hybridized carbons (Fsp3) is 0.600. The molecule has 0 radical (unpaired) electrons. The highest BCUT2D eigenvalue weighted by atomic mass is 16.5. The first kappa shape index (κ1) is 33.2. The molecule has 1 aromatic carbocycles. The van der Waals surface area contributed by atoms with Gasteiger partial charge in [-0.05, 0) is 61.9 Å². The fourth-order valence-corrected chi connectivity index (χ4v) is 7.38. The zero-order valence-electron chi connectivity index (χ0n) is 28.1. The van der Waals surface area contributed by atoms with Gasteiger partial charge in [0.2, 0.25) is 11.8 Å². The van der Waals surface area contributed by atoms with E-state index in [0.717, 1.165) is 74.4 Å². The van der Waals surface area contributed by atoms with E-state index >= 15 is 0 Å². The zero-order valence-corrected chi connectivity index (χ0v) is 28.1. The van der Waals surface area contributed by atoms with Crippen LogP contribution in [0.5, 0.6) is 0 Å². The van der Waals surface area contributed by atoms with Crippen molar-refractivity contribution in [1.29, 1.82) is 0 Å². The van der Waals surface area contributed by atoms with Gasteiger partial charge in [-0.2, -0.15) is 5.10 Å². The number of anilines is 1. The lowest BCUT2D eigenvalue weighted by Gasteiger charge is -2.37. The molecule has 3 aromatic rings. The lowest BCUT2D eigenvalue weighted by Crippen LogP contribution is -2.49. The van der Waals surface area contributed by atoms with Gasteiger partial charge in [-0.25, -0.2) is 0 Å². The van der Waals surface area contributed by atoms with Crippen LogP contribution in [0.25, 0.3) is 11.3 Å². The molecule has 254 valence electrons. The number of likely N-dealkylation sites (tertiary alicyclic amines) is 1. The SMILES string of the molecule is CC(C)[C@@H](C(=O)N1C[C@H](O)C[C@H]1C(=O)N[C@@H](C)c1ccc(-c2ccnn2C)cc1)c1cc(N2CCN(CC3CCNCC3)CC2)no1. The van der Waals surface area contributed by atoms with Gasteiger partial charge in [0, 0.05) is 65.0 Å². The molecule has 3 N–H and O–H groups in total. The van der Waals surface area contributed by atoms with E-state index in [9.17, 15) is 14.7 Å². The number of nitrogens with zero attached hydrogens (tertiary/aromatic N) is 6. The summed E-state index contributed by atoms with van der Waals surface area (Å²) in [5.74, 6) is 0.805. The highest BCUT2D eigenvalue weighted by molar-refractivity contribution is 5.91. The molecule has 3 aliphatic heterocycles. The standard InChI is InChI=1S/C35H50N8O4/c1-23(2)33(31-20-32(39-47-31)42-17-15-41(16-18-42)21-25-9-12-36-13-10-25)35(46)43-22-28(44)19-30(43)34(45)38-24(3)26-5-7-27(8-6-26)29-11-14-37-40(29)4/h5-8,11,14,20,23-25,28,30,33,36,44H,9-10,12-13,15-19,21-22H2,1-4H3,(H,38,45)/t24-,28+,30-,33+/m0/s1. The molecule has 0 unspecified atom stereocenters. The Morgan fingerprint density at radius 3 is 2.45 bits per heavy atom. The number of aliphatic hydroxyl groups is 1. The third-order valence-corrected chi connectivity index (χ3v) is 10.2. The highest BCUT2D eigenvalue weighted by Crippen LogP contribution is 2.33. The molecule has 12 nitrogen and oxygen atoms in total. The Morgan fingerprint density at radius 2 is 1.79 bits per heavy atom. The van der Waals surface area contributed by atoms with Crippen LogP contribution in [-0.2, 0) is 16.6 Å². The van der Waals surface area contributed by atoms with E-state index in [0.29, 0.717) is 5.76 Å². The zero-order chi connectivity index (χ0) is 33.1. The average molecular weight is 647 g/mol.